The summed E-state index contributed by atoms with van der Waals surface area (Å²) in [6, 6.07) is 19.1. The largest absolute Gasteiger partial charge is 0.493 e. The molecule has 6 nitrogen and oxygen atoms in total. The molecule has 0 aliphatic heterocycles. The van der Waals surface area contributed by atoms with Gasteiger partial charge < -0.3 is 19.2 Å². The van der Waals surface area contributed by atoms with E-state index in [0.29, 0.717) is 39.5 Å². The molecule has 4 aromatic rings. The standard InChI is InChI=1S/C25H21NO5/c1-15-5-4-6-16(11-15)23-14-20(27)19-13-18(8-10-21(19)31-23)26-25(28)17-7-9-22(29-2)24(12-17)30-3/h4-14H,1-3H3,(H,26,28). The lowest BCUT2D eigenvalue weighted by Gasteiger charge is -2.10. The number of benzene rings is 3. The summed E-state index contributed by atoms with van der Waals surface area (Å²) in [6.07, 6.45) is 0. The van der Waals surface area contributed by atoms with Gasteiger partial charge >= 0.3 is 0 Å². The number of amides is 1. The van der Waals surface area contributed by atoms with Gasteiger partial charge in [-0.05, 0) is 49.4 Å². The van der Waals surface area contributed by atoms with Crippen molar-refractivity contribution in [3.8, 4) is 22.8 Å². The fraction of sp³-hybridized carbons (Fsp3) is 0.120. The van der Waals surface area contributed by atoms with E-state index in [4.69, 9.17) is 13.9 Å². The molecule has 0 radical (unpaired) electrons. The summed E-state index contributed by atoms with van der Waals surface area (Å²) in [5.74, 6) is 1.16. The quantitative estimate of drug-likeness (QED) is 0.494. The molecule has 0 unspecified atom stereocenters. The molecule has 0 fully saturated rings. The van der Waals surface area contributed by atoms with Gasteiger partial charge in [0.05, 0.1) is 19.6 Å². The van der Waals surface area contributed by atoms with Gasteiger partial charge in [0.25, 0.3) is 5.91 Å². The third-order valence-corrected chi connectivity index (χ3v) is 4.93. The summed E-state index contributed by atoms with van der Waals surface area (Å²) in [4.78, 5) is 25.4. The molecule has 156 valence electrons. The maximum atomic E-state index is 12.7. The second-order valence-electron chi connectivity index (χ2n) is 7.08. The molecule has 31 heavy (non-hydrogen) atoms. The first kappa shape index (κ1) is 20.2. The van der Waals surface area contributed by atoms with Crippen LogP contribution in [-0.2, 0) is 0 Å². The first-order valence-electron chi connectivity index (χ1n) is 9.67. The van der Waals surface area contributed by atoms with E-state index in [0.717, 1.165) is 11.1 Å². The van der Waals surface area contributed by atoms with Crippen LogP contribution in [0.15, 0.2) is 75.9 Å². The Morgan fingerprint density at radius 3 is 2.45 bits per heavy atom. The SMILES string of the molecule is COc1ccc(C(=O)Nc2ccc3oc(-c4cccc(C)c4)cc(=O)c3c2)cc1OC. The molecule has 4 rings (SSSR count). The number of anilines is 1. The molecule has 0 aliphatic rings. The second-order valence-corrected chi connectivity index (χ2v) is 7.08. The maximum absolute atomic E-state index is 12.7. The Balaban J connectivity index is 1.64. The van der Waals surface area contributed by atoms with Crippen LogP contribution in [0.2, 0.25) is 0 Å². The van der Waals surface area contributed by atoms with Crippen LogP contribution >= 0.6 is 0 Å². The van der Waals surface area contributed by atoms with E-state index in [1.54, 1.807) is 36.4 Å². The van der Waals surface area contributed by atoms with E-state index < -0.39 is 0 Å². The number of rotatable bonds is 5. The number of ether oxygens (including phenoxy) is 2. The minimum Gasteiger partial charge on any atom is -0.493 e. The van der Waals surface area contributed by atoms with Crippen LogP contribution < -0.4 is 20.2 Å². The molecule has 1 aromatic heterocycles. The first-order valence-corrected chi connectivity index (χ1v) is 9.67. The number of hydrogen-bond acceptors (Lipinski definition) is 5. The zero-order valence-corrected chi connectivity index (χ0v) is 17.4. The average Bonchev–Trinajstić information content (AvgIpc) is 2.78. The van der Waals surface area contributed by atoms with Crippen molar-refractivity contribution in [3.63, 3.8) is 0 Å². The van der Waals surface area contributed by atoms with Gasteiger partial charge in [0.2, 0.25) is 0 Å². The third kappa shape index (κ3) is 4.14. The summed E-state index contributed by atoms with van der Waals surface area (Å²) in [5.41, 5.74) is 3.08. The van der Waals surface area contributed by atoms with Gasteiger partial charge in [-0.1, -0.05) is 23.8 Å². The Morgan fingerprint density at radius 1 is 0.903 bits per heavy atom. The molecule has 0 saturated carbocycles. The van der Waals surface area contributed by atoms with Crippen LogP contribution in [0.1, 0.15) is 15.9 Å². The Morgan fingerprint density at radius 2 is 1.71 bits per heavy atom. The van der Waals surface area contributed by atoms with E-state index in [1.807, 2.05) is 31.2 Å². The van der Waals surface area contributed by atoms with Crippen molar-refractivity contribution in [1.82, 2.24) is 0 Å². The normalized spacial score (nSPS) is 10.7. The van der Waals surface area contributed by atoms with Gasteiger partial charge in [-0.3, -0.25) is 9.59 Å². The minimum absolute atomic E-state index is 0.181. The Labute approximate surface area is 179 Å². The molecular weight excluding hydrogens is 394 g/mol. The van der Waals surface area contributed by atoms with Gasteiger partial charge in [0, 0.05) is 22.9 Å². The van der Waals surface area contributed by atoms with Crippen LogP contribution in [0.5, 0.6) is 11.5 Å². The highest BCUT2D eigenvalue weighted by Crippen LogP contribution is 2.28. The molecule has 0 atom stereocenters. The van der Waals surface area contributed by atoms with Crippen molar-refractivity contribution in [3.05, 3.63) is 88.1 Å². The molecule has 3 aromatic carbocycles. The lowest BCUT2D eigenvalue weighted by atomic mass is 10.1. The van der Waals surface area contributed by atoms with Crippen LogP contribution in [-0.4, -0.2) is 20.1 Å². The maximum Gasteiger partial charge on any atom is 0.255 e. The predicted molar refractivity (Wildman–Crippen MR) is 120 cm³/mol. The smallest absolute Gasteiger partial charge is 0.255 e. The highest BCUT2D eigenvalue weighted by molar-refractivity contribution is 6.05. The number of methoxy groups -OCH3 is 2. The van der Waals surface area contributed by atoms with Crippen LogP contribution in [0.3, 0.4) is 0 Å². The van der Waals surface area contributed by atoms with Crippen molar-refractivity contribution in [2.45, 2.75) is 6.92 Å². The fourth-order valence-corrected chi connectivity index (χ4v) is 3.36. The van der Waals surface area contributed by atoms with E-state index in [-0.39, 0.29) is 11.3 Å². The number of carbonyl (C=O) groups is 1. The summed E-state index contributed by atoms with van der Waals surface area (Å²) >= 11 is 0. The van der Waals surface area contributed by atoms with E-state index in [9.17, 15) is 9.59 Å². The van der Waals surface area contributed by atoms with Gasteiger partial charge in [-0.2, -0.15) is 0 Å². The van der Waals surface area contributed by atoms with Crippen molar-refractivity contribution in [2.75, 3.05) is 19.5 Å². The Hall–Kier alpha value is -4.06. The lowest BCUT2D eigenvalue weighted by molar-refractivity contribution is 0.102. The Bertz CT molecular complexity index is 1340. The highest BCUT2D eigenvalue weighted by atomic mass is 16.5. The Kier molecular flexibility index (Phi) is 5.45. The molecule has 0 aliphatic carbocycles. The van der Waals surface area contributed by atoms with Gasteiger partial charge in [-0.15, -0.1) is 0 Å². The van der Waals surface area contributed by atoms with Crippen molar-refractivity contribution in [2.24, 2.45) is 0 Å². The molecule has 0 spiro atoms. The molecule has 6 heteroatoms. The molecule has 0 saturated heterocycles. The predicted octanol–water partition coefficient (Wildman–Crippen LogP) is 5.04. The fourth-order valence-electron chi connectivity index (χ4n) is 3.36. The van der Waals surface area contributed by atoms with E-state index in [1.165, 1.54) is 20.3 Å². The second kappa shape index (κ2) is 8.36. The number of aryl methyl sites for hydroxylation is 1. The number of hydrogen-bond donors (Lipinski definition) is 1. The van der Waals surface area contributed by atoms with Crippen LogP contribution in [0.25, 0.3) is 22.3 Å². The topological polar surface area (TPSA) is 77.8 Å². The molecular formula is C25H21NO5. The summed E-state index contributed by atoms with van der Waals surface area (Å²) in [5, 5.41) is 3.19. The summed E-state index contributed by atoms with van der Waals surface area (Å²) in [6.45, 7) is 1.98. The van der Waals surface area contributed by atoms with Crippen LogP contribution in [0.4, 0.5) is 5.69 Å². The number of carbonyl (C=O) groups excluding carboxylic acids is 1. The van der Waals surface area contributed by atoms with E-state index in [2.05, 4.69) is 5.32 Å². The monoisotopic (exact) mass is 415 g/mol. The molecule has 1 N–H and O–H groups in total. The van der Waals surface area contributed by atoms with Crippen molar-refractivity contribution < 1.29 is 18.7 Å². The van der Waals surface area contributed by atoms with Gasteiger partial charge in [0.1, 0.15) is 11.3 Å². The van der Waals surface area contributed by atoms with Gasteiger partial charge in [-0.25, -0.2) is 0 Å². The number of nitrogens with one attached hydrogen (secondary N) is 1. The summed E-state index contributed by atoms with van der Waals surface area (Å²) < 4.78 is 16.4. The van der Waals surface area contributed by atoms with Crippen LogP contribution in [0, 0.1) is 6.92 Å². The van der Waals surface area contributed by atoms with E-state index >= 15 is 0 Å². The van der Waals surface area contributed by atoms with Crippen molar-refractivity contribution >= 4 is 22.6 Å². The molecule has 1 amide bonds. The minimum atomic E-state index is -0.332. The first-order chi connectivity index (χ1) is 15.0. The average molecular weight is 415 g/mol. The van der Waals surface area contributed by atoms with Crippen molar-refractivity contribution in [1.29, 1.82) is 0 Å². The summed E-state index contributed by atoms with van der Waals surface area (Å²) in [7, 11) is 3.04. The number of fused-ring (bicyclic) bond motifs is 1. The lowest BCUT2D eigenvalue weighted by Crippen LogP contribution is -2.12. The third-order valence-electron chi connectivity index (χ3n) is 4.93. The molecule has 1 heterocycles. The zero-order valence-electron chi connectivity index (χ0n) is 17.4. The molecule has 0 bridgehead atoms. The zero-order chi connectivity index (χ0) is 22.0. The highest BCUT2D eigenvalue weighted by Gasteiger charge is 2.13. The van der Waals surface area contributed by atoms with Gasteiger partial charge in [0.15, 0.2) is 16.9 Å².